The molecule has 1 saturated carbocycles. The van der Waals surface area contributed by atoms with E-state index in [0.29, 0.717) is 33.7 Å². The second-order valence-corrected chi connectivity index (χ2v) is 6.96. The topological polar surface area (TPSA) is 55.1 Å². The molecule has 0 atom stereocenters. The van der Waals surface area contributed by atoms with Gasteiger partial charge in [-0.3, -0.25) is 4.79 Å². The molecule has 1 amide bonds. The molecule has 3 nitrogen and oxygen atoms in total. The highest BCUT2D eigenvalue weighted by Crippen LogP contribution is 2.39. The van der Waals surface area contributed by atoms with E-state index in [2.05, 4.69) is 5.32 Å². The lowest BCUT2D eigenvalue weighted by atomic mass is 9.71. The fraction of sp³-hybridized carbons (Fsp3) is 0.533. The molecular weight excluding hydrogens is 331 g/mol. The molecule has 0 bridgehead atoms. The summed E-state index contributed by atoms with van der Waals surface area (Å²) >= 11 is 17.9. The fourth-order valence-electron chi connectivity index (χ4n) is 2.91. The number of benzene rings is 1. The van der Waals surface area contributed by atoms with E-state index in [1.54, 1.807) is 6.07 Å². The number of rotatable bonds is 4. The first-order valence-corrected chi connectivity index (χ1v) is 8.24. The smallest absolute Gasteiger partial charge is 0.225 e. The molecule has 6 heteroatoms. The van der Waals surface area contributed by atoms with E-state index in [0.717, 1.165) is 25.7 Å². The highest BCUT2D eigenvalue weighted by molar-refractivity contribution is 6.44. The van der Waals surface area contributed by atoms with Crippen LogP contribution in [0.4, 0.5) is 5.69 Å². The molecule has 1 aromatic carbocycles. The van der Waals surface area contributed by atoms with E-state index in [1.165, 1.54) is 12.5 Å². The lowest BCUT2D eigenvalue weighted by Crippen LogP contribution is -2.36. The number of hydrogen-bond donors (Lipinski definition) is 2. The van der Waals surface area contributed by atoms with E-state index in [-0.39, 0.29) is 11.3 Å². The SMILES string of the molecule is NCC1(CC(=O)Nc2cc(Cl)c(Cl)cc2Cl)CCCCC1. The molecule has 1 aliphatic rings. The average molecular weight is 350 g/mol. The summed E-state index contributed by atoms with van der Waals surface area (Å²) in [7, 11) is 0. The summed E-state index contributed by atoms with van der Waals surface area (Å²) in [5.41, 5.74) is 6.32. The summed E-state index contributed by atoms with van der Waals surface area (Å²) < 4.78 is 0. The van der Waals surface area contributed by atoms with Gasteiger partial charge in [-0.05, 0) is 36.9 Å². The highest BCUT2D eigenvalue weighted by Gasteiger charge is 2.33. The van der Waals surface area contributed by atoms with Crippen LogP contribution in [0.15, 0.2) is 12.1 Å². The van der Waals surface area contributed by atoms with Gasteiger partial charge in [0.05, 0.1) is 20.8 Å². The van der Waals surface area contributed by atoms with Crippen molar-refractivity contribution in [2.75, 3.05) is 11.9 Å². The molecule has 1 fully saturated rings. The van der Waals surface area contributed by atoms with E-state index < -0.39 is 0 Å². The molecule has 0 spiro atoms. The Morgan fingerprint density at radius 2 is 1.71 bits per heavy atom. The van der Waals surface area contributed by atoms with Crippen molar-refractivity contribution in [3.63, 3.8) is 0 Å². The van der Waals surface area contributed by atoms with Crippen molar-refractivity contribution in [2.24, 2.45) is 11.1 Å². The van der Waals surface area contributed by atoms with Gasteiger partial charge in [-0.25, -0.2) is 0 Å². The number of nitrogens with one attached hydrogen (secondary N) is 1. The second-order valence-electron chi connectivity index (χ2n) is 5.74. The minimum Gasteiger partial charge on any atom is -0.330 e. The third-order valence-electron chi connectivity index (χ3n) is 4.17. The zero-order chi connectivity index (χ0) is 15.5. The predicted molar refractivity (Wildman–Crippen MR) is 89.3 cm³/mol. The maximum absolute atomic E-state index is 12.3. The van der Waals surface area contributed by atoms with Crippen LogP contribution in [0.25, 0.3) is 0 Å². The van der Waals surface area contributed by atoms with Crippen LogP contribution in [-0.2, 0) is 4.79 Å². The van der Waals surface area contributed by atoms with Gasteiger partial charge < -0.3 is 11.1 Å². The standard InChI is InChI=1S/C15H19Cl3N2O/c16-10-6-12(18)13(7-11(10)17)20-14(21)8-15(9-19)4-2-1-3-5-15/h6-7H,1-5,8-9,19H2,(H,20,21). The molecule has 0 aliphatic heterocycles. The molecule has 0 heterocycles. The van der Waals surface area contributed by atoms with Gasteiger partial charge in [-0.15, -0.1) is 0 Å². The van der Waals surface area contributed by atoms with E-state index in [4.69, 9.17) is 40.5 Å². The minimum absolute atomic E-state index is 0.0783. The zero-order valence-electron chi connectivity index (χ0n) is 11.7. The number of nitrogens with two attached hydrogens (primary N) is 1. The molecule has 0 unspecified atom stereocenters. The molecular formula is C15H19Cl3N2O. The van der Waals surface area contributed by atoms with Crippen molar-refractivity contribution in [3.8, 4) is 0 Å². The third-order valence-corrected chi connectivity index (χ3v) is 5.20. The van der Waals surface area contributed by atoms with Crippen molar-refractivity contribution in [2.45, 2.75) is 38.5 Å². The third kappa shape index (κ3) is 4.26. The molecule has 0 radical (unpaired) electrons. The molecule has 0 aromatic heterocycles. The first kappa shape index (κ1) is 16.9. The van der Waals surface area contributed by atoms with Gasteiger partial charge in [0.15, 0.2) is 0 Å². The Labute approximate surface area is 140 Å². The maximum Gasteiger partial charge on any atom is 0.225 e. The summed E-state index contributed by atoms with van der Waals surface area (Å²) in [5.74, 6) is -0.0809. The Bertz CT molecular complexity index is 528. The summed E-state index contributed by atoms with van der Waals surface area (Å²) in [6.07, 6.45) is 5.93. The number of halogens is 3. The Morgan fingerprint density at radius 3 is 2.33 bits per heavy atom. The first-order chi connectivity index (χ1) is 9.96. The summed E-state index contributed by atoms with van der Waals surface area (Å²) in [5, 5.41) is 3.92. The summed E-state index contributed by atoms with van der Waals surface area (Å²) in [6.45, 7) is 0.537. The first-order valence-electron chi connectivity index (χ1n) is 7.10. The number of amides is 1. The van der Waals surface area contributed by atoms with Crippen molar-refractivity contribution in [1.29, 1.82) is 0 Å². The van der Waals surface area contributed by atoms with Crippen molar-refractivity contribution < 1.29 is 4.79 Å². The van der Waals surface area contributed by atoms with Gasteiger partial charge in [0.1, 0.15) is 0 Å². The Hall–Kier alpha value is -0.480. The fourth-order valence-corrected chi connectivity index (χ4v) is 3.50. The lowest BCUT2D eigenvalue weighted by molar-refractivity contribution is -0.118. The van der Waals surface area contributed by atoms with Gasteiger partial charge in [0.25, 0.3) is 0 Å². The van der Waals surface area contributed by atoms with Crippen molar-refractivity contribution in [3.05, 3.63) is 27.2 Å². The summed E-state index contributed by atoms with van der Waals surface area (Å²) in [6, 6.07) is 3.10. The summed E-state index contributed by atoms with van der Waals surface area (Å²) in [4.78, 5) is 12.3. The van der Waals surface area contributed by atoms with Crippen LogP contribution in [0.1, 0.15) is 38.5 Å². The predicted octanol–water partition coefficient (Wildman–Crippen LogP) is 4.88. The van der Waals surface area contributed by atoms with Gasteiger partial charge in [-0.2, -0.15) is 0 Å². The Kier molecular flexibility index (Phi) is 5.78. The highest BCUT2D eigenvalue weighted by atomic mass is 35.5. The van der Waals surface area contributed by atoms with Gasteiger partial charge >= 0.3 is 0 Å². The Balaban J connectivity index is 2.06. The van der Waals surface area contributed by atoms with Gasteiger partial charge in [0, 0.05) is 6.42 Å². The largest absolute Gasteiger partial charge is 0.330 e. The van der Waals surface area contributed by atoms with Crippen molar-refractivity contribution in [1.82, 2.24) is 0 Å². The molecule has 1 aliphatic carbocycles. The Morgan fingerprint density at radius 1 is 1.10 bits per heavy atom. The van der Waals surface area contributed by atoms with Crippen LogP contribution in [0.2, 0.25) is 15.1 Å². The van der Waals surface area contributed by atoms with Crippen LogP contribution in [0, 0.1) is 5.41 Å². The van der Waals surface area contributed by atoms with Crippen LogP contribution in [0.3, 0.4) is 0 Å². The molecule has 1 aromatic rings. The van der Waals surface area contributed by atoms with E-state index >= 15 is 0 Å². The van der Waals surface area contributed by atoms with E-state index in [9.17, 15) is 4.79 Å². The lowest BCUT2D eigenvalue weighted by Gasteiger charge is -2.35. The molecule has 3 N–H and O–H groups in total. The minimum atomic E-state index is -0.0809. The molecule has 0 saturated heterocycles. The van der Waals surface area contributed by atoms with Crippen LogP contribution >= 0.6 is 34.8 Å². The maximum atomic E-state index is 12.3. The van der Waals surface area contributed by atoms with Crippen LogP contribution < -0.4 is 11.1 Å². The second kappa shape index (κ2) is 7.19. The number of anilines is 1. The molecule has 116 valence electrons. The average Bonchev–Trinajstić information content (AvgIpc) is 2.45. The quantitative estimate of drug-likeness (QED) is 0.761. The normalized spacial score (nSPS) is 17.5. The van der Waals surface area contributed by atoms with E-state index in [1.807, 2.05) is 0 Å². The van der Waals surface area contributed by atoms with Crippen LogP contribution in [0.5, 0.6) is 0 Å². The number of carbonyl (C=O) groups is 1. The van der Waals surface area contributed by atoms with Crippen molar-refractivity contribution >= 4 is 46.4 Å². The molecule has 21 heavy (non-hydrogen) atoms. The number of carbonyl (C=O) groups excluding carboxylic acids is 1. The monoisotopic (exact) mass is 348 g/mol. The van der Waals surface area contributed by atoms with Crippen LogP contribution in [-0.4, -0.2) is 12.5 Å². The zero-order valence-corrected chi connectivity index (χ0v) is 14.0. The molecule has 2 rings (SSSR count). The number of hydrogen-bond acceptors (Lipinski definition) is 2. The van der Waals surface area contributed by atoms with Gasteiger partial charge in [-0.1, -0.05) is 54.1 Å². The van der Waals surface area contributed by atoms with Gasteiger partial charge in [0.2, 0.25) is 5.91 Å².